The monoisotopic (exact) mass is 1520 g/mol. The van der Waals surface area contributed by atoms with Crippen molar-refractivity contribution in [2.75, 3.05) is 60.2 Å². The molecule has 23 heteroatoms. The zero-order valence-corrected chi connectivity index (χ0v) is 65.4. The molecule has 1 unspecified atom stereocenters. The number of alkyl carbamates (subject to hydrolysis) is 1. The third-order valence-corrected chi connectivity index (χ3v) is 21.2. The maximum atomic E-state index is 15.2. The molecule has 6 aromatic rings. The number of carbonyl (C=O) groups excluding carboxylic acids is 9. The third kappa shape index (κ3) is 23.6. The first-order valence-corrected chi connectivity index (χ1v) is 39.5. The molecule has 6 atom stereocenters. The van der Waals surface area contributed by atoms with Crippen molar-refractivity contribution < 1.29 is 66.8 Å². The van der Waals surface area contributed by atoms with Gasteiger partial charge < -0.3 is 56.0 Å². The number of hydrogen-bond acceptors (Lipinski definition) is 17. The van der Waals surface area contributed by atoms with Crippen LogP contribution in [0.2, 0.25) is 0 Å². The van der Waals surface area contributed by atoms with Crippen LogP contribution in [-0.4, -0.2) is 165 Å². The Morgan fingerprint density at radius 1 is 0.604 bits per heavy atom. The first-order valence-electron chi connectivity index (χ1n) is 39.5. The van der Waals surface area contributed by atoms with Crippen LogP contribution >= 0.6 is 0 Å². The molecule has 10 rings (SSSR count). The lowest BCUT2D eigenvalue weighted by Gasteiger charge is -2.30. The van der Waals surface area contributed by atoms with Gasteiger partial charge in [-0.3, -0.25) is 43.2 Å². The van der Waals surface area contributed by atoms with E-state index in [2.05, 4.69) is 93.3 Å². The van der Waals surface area contributed by atoms with Crippen molar-refractivity contribution in [2.45, 2.75) is 197 Å². The average molecular weight is 1520 g/mol. The minimum atomic E-state index is -1.06. The van der Waals surface area contributed by atoms with Crippen LogP contribution in [-0.2, 0) is 58.9 Å². The summed E-state index contributed by atoms with van der Waals surface area (Å²) in [5.74, 6) is -2.86. The predicted octanol–water partition coefficient (Wildman–Crippen LogP) is 13.5. The van der Waals surface area contributed by atoms with Crippen molar-refractivity contribution in [3.63, 3.8) is 0 Å². The van der Waals surface area contributed by atoms with Gasteiger partial charge in [-0.25, -0.2) is 14.4 Å². The van der Waals surface area contributed by atoms with E-state index in [1.165, 1.54) is 43.9 Å². The zero-order chi connectivity index (χ0) is 79.4. The summed E-state index contributed by atoms with van der Waals surface area (Å²) < 4.78 is 29.0. The van der Waals surface area contributed by atoms with Gasteiger partial charge in [0.1, 0.15) is 50.2 Å². The summed E-state index contributed by atoms with van der Waals surface area (Å²) in [4.78, 5) is 130. The van der Waals surface area contributed by atoms with Crippen LogP contribution in [0.25, 0.3) is 33.2 Å². The van der Waals surface area contributed by atoms with Gasteiger partial charge in [-0.1, -0.05) is 186 Å². The highest BCUT2D eigenvalue weighted by Gasteiger charge is 2.40. The number of unbranched alkanes of at least 4 members (excludes halogenated alkanes) is 1. The summed E-state index contributed by atoms with van der Waals surface area (Å²) in [5, 5.41) is 15.5. The van der Waals surface area contributed by atoms with Gasteiger partial charge in [0.25, 0.3) is 0 Å². The lowest BCUT2D eigenvalue weighted by molar-refractivity contribution is -0.145. The van der Waals surface area contributed by atoms with Crippen LogP contribution in [0, 0.1) is 11.8 Å². The molecule has 23 nitrogen and oxygen atoms in total. The number of Topliss-reactive ketones (excluding diaryl/α,β-unsaturated/α-hetero) is 2. The summed E-state index contributed by atoms with van der Waals surface area (Å²) in [6.07, 6.45) is 12.8. The Morgan fingerprint density at radius 3 is 1.70 bits per heavy atom. The number of aromatic nitrogens is 1. The van der Waals surface area contributed by atoms with Gasteiger partial charge in [0.15, 0.2) is 11.6 Å². The molecule has 594 valence electrons. The van der Waals surface area contributed by atoms with Crippen molar-refractivity contribution >= 4 is 70.3 Å². The predicted molar refractivity (Wildman–Crippen MR) is 430 cm³/mol. The molecule has 0 spiro atoms. The van der Waals surface area contributed by atoms with E-state index in [-0.39, 0.29) is 87.4 Å². The fraction of sp³-hybridized carbons (Fsp3) is 0.477. The number of rotatable bonds is 38. The molecule has 1 saturated carbocycles. The molecule has 4 aliphatic rings. The summed E-state index contributed by atoms with van der Waals surface area (Å²) in [7, 11) is 3.38. The van der Waals surface area contributed by atoms with Crippen LogP contribution in [0.3, 0.4) is 0 Å². The fourth-order valence-corrected chi connectivity index (χ4v) is 15.5. The van der Waals surface area contributed by atoms with Crippen LogP contribution in [0.1, 0.15) is 183 Å². The lowest BCUT2D eigenvalue weighted by Crippen LogP contribution is -2.52. The Kier molecular flexibility index (Phi) is 32.2. The number of nitrogens with two attached hydrogens (primary N) is 1. The molecule has 1 aromatic heterocycles. The van der Waals surface area contributed by atoms with Gasteiger partial charge in [-0.2, -0.15) is 0 Å². The number of benzene rings is 5. The summed E-state index contributed by atoms with van der Waals surface area (Å²) in [6, 6.07) is 36.2. The molecule has 0 radical (unpaired) electrons. The zero-order valence-electron chi connectivity index (χ0n) is 65.4. The van der Waals surface area contributed by atoms with E-state index in [1.54, 1.807) is 53.2 Å². The number of likely N-dealkylation sites (N-methyl/N-ethyl adjacent to an activating group) is 2. The molecule has 2 fully saturated rings. The van der Waals surface area contributed by atoms with Crippen LogP contribution in [0.5, 0.6) is 0 Å². The molecule has 7 N–H and O–H groups in total. The number of nitrogens with one attached hydrogen (secondary N) is 5. The number of ketones is 2. The minimum Gasteiger partial charge on any atom is -0.460 e. The summed E-state index contributed by atoms with van der Waals surface area (Å²) in [6.45, 7) is 16.1. The Labute approximate surface area is 653 Å². The molecular formula is C88H113N9O14. The molecular weight excluding hydrogens is 1410 g/mol. The average Bonchev–Trinajstić information content (AvgIpc) is 1.65. The normalized spacial score (nSPS) is 16.0. The number of carbonyl (C=O) groups is 9. The summed E-state index contributed by atoms with van der Waals surface area (Å²) in [5.41, 5.74) is 15.5. The Bertz CT molecular complexity index is 4140. The second kappa shape index (κ2) is 42.2. The maximum Gasteiger partial charge on any atom is 0.419 e. The molecule has 1 aliphatic heterocycles. The van der Waals surface area contributed by atoms with E-state index in [0.717, 1.165) is 54.4 Å². The molecule has 4 amide bonds. The van der Waals surface area contributed by atoms with Crippen molar-refractivity contribution in [2.24, 2.45) is 22.6 Å². The highest BCUT2D eigenvalue weighted by molar-refractivity contribution is 5.97. The van der Waals surface area contributed by atoms with Gasteiger partial charge in [-0.15, -0.1) is 0 Å². The minimum absolute atomic E-state index is 0.00175. The standard InChI is InChI=1S/C64H85N7O10.C24H28N2O4/c1-7-36-79-61(76)52(66-6)29-17-19-33-56(72)51(30-20-34-67-58(65)8-2)68-59(74)43(38-44-40-71(63(78)81-64(3,4)5)54-31-18-16-24-45(44)54)39-57(73)53(37-42-22-10-9-11-23-42)69-60(75)55-32-21-35-70(55)62(77)80-41-50-48-27-14-12-25-46(48)47-26-13-15-28-49(47)50;1-3-15-29-23(27)22(25-2)13-8-14-26-24(28)30-16-21-19-11-6-4-9-17(19)18-10-5-7-12-20(18)21/h7,12-16,18,24-28,31,40,42-43,50-53,55,66H,1,8-11,17,19-23,29-30,32-39,41H2,2-6H3,(H2,65,67)(H,68,74)(H,69,75);3-7,9-12,21-22,25H,1,8,13-16H2,2H3,(H,26,28)/t43-,51+,52+,53+,55?;22-/m10/s1. The van der Waals surface area contributed by atoms with Crippen molar-refractivity contribution in [1.82, 2.24) is 36.1 Å². The Morgan fingerprint density at radius 2 is 1.14 bits per heavy atom. The number of likely N-dealkylation sites (tertiary alicyclic amines) is 1. The van der Waals surface area contributed by atoms with Gasteiger partial charge >= 0.3 is 30.2 Å². The van der Waals surface area contributed by atoms with E-state index in [0.29, 0.717) is 106 Å². The molecule has 111 heavy (non-hydrogen) atoms. The van der Waals surface area contributed by atoms with Gasteiger partial charge in [0.05, 0.1) is 23.4 Å². The number of amides is 4. The van der Waals surface area contributed by atoms with E-state index in [4.69, 9.17) is 29.4 Å². The van der Waals surface area contributed by atoms with Crippen LogP contribution in [0.15, 0.2) is 158 Å². The second-order valence-corrected chi connectivity index (χ2v) is 30.1. The number of amidine groups is 1. The number of esters is 2. The van der Waals surface area contributed by atoms with E-state index >= 15 is 9.59 Å². The smallest absolute Gasteiger partial charge is 0.419 e. The van der Waals surface area contributed by atoms with Gasteiger partial charge in [-0.05, 0) is 161 Å². The molecule has 2 heterocycles. The second-order valence-electron chi connectivity index (χ2n) is 30.1. The number of para-hydroxylation sites is 1. The van der Waals surface area contributed by atoms with E-state index in [1.807, 2.05) is 67.6 Å². The summed E-state index contributed by atoms with van der Waals surface area (Å²) >= 11 is 0. The van der Waals surface area contributed by atoms with E-state index < -0.39 is 77.8 Å². The molecule has 1 saturated heterocycles. The Hall–Kier alpha value is -10.3. The first kappa shape index (κ1) is 84.8. The maximum absolute atomic E-state index is 15.2. The SMILES string of the molecule is C=CCOC(=O)[C@H](CCCCC(=O)[C@H](CCCN=C(N)CC)NC(=O)[C@@H](CC(=O)[C@H](CC1CCCCC1)NC(=O)C1CCCN1C(=O)OCC1c2ccccc2-c2ccccc21)Cc1cn(C(=O)OC(C)(C)C)c2ccccc12)NC.C=CCOC(=O)[C@H](CCCNC(=O)OCC1c2ccccc2-c2ccccc21)NC. The topological polar surface area (TPSA) is 306 Å². The third-order valence-electron chi connectivity index (χ3n) is 21.2. The number of hydrogen-bond donors (Lipinski definition) is 6. The van der Waals surface area contributed by atoms with E-state index in [9.17, 15) is 33.6 Å². The quantitative estimate of drug-likeness (QED) is 0.00524. The number of fused-ring (bicyclic) bond motifs is 7. The van der Waals surface area contributed by atoms with Crippen molar-refractivity contribution in [3.05, 3.63) is 181 Å². The largest absolute Gasteiger partial charge is 0.460 e. The Balaban J connectivity index is 0.000000392. The highest BCUT2D eigenvalue weighted by Crippen LogP contribution is 2.46. The number of aliphatic imine (C=N–C) groups is 1. The first-order chi connectivity index (χ1) is 53.6. The lowest BCUT2D eigenvalue weighted by atomic mass is 9.82. The van der Waals surface area contributed by atoms with Crippen LogP contribution < -0.4 is 32.3 Å². The highest BCUT2D eigenvalue weighted by atomic mass is 16.6. The van der Waals surface area contributed by atoms with Gasteiger partial charge in [0.2, 0.25) is 11.8 Å². The molecule has 0 bridgehead atoms. The van der Waals surface area contributed by atoms with Gasteiger partial charge in [0, 0.05) is 68.2 Å². The molecule has 5 aromatic carbocycles. The van der Waals surface area contributed by atoms with Crippen molar-refractivity contribution in [3.8, 4) is 22.3 Å². The number of nitrogens with zero attached hydrogens (tertiary/aromatic N) is 3. The molecule has 3 aliphatic carbocycles. The number of ether oxygens (including phenoxy) is 5. The van der Waals surface area contributed by atoms with Crippen LogP contribution in [0.4, 0.5) is 14.4 Å². The van der Waals surface area contributed by atoms with Crippen molar-refractivity contribution in [1.29, 1.82) is 0 Å². The fourth-order valence-electron chi connectivity index (χ4n) is 15.5.